The van der Waals surface area contributed by atoms with Crippen LogP contribution < -0.4 is 11.3 Å². The highest BCUT2D eigenvalue weighted by Crippen LogP contribution is 2.33. The number of hydrogen-bond donors (Lipinski definition) is 2. The molecule has 1 aliphatic heterocycles. The standard InChI is InChI=1S/C16H18FN3O/c17-13-7-12(9-19-10-13)15(20-18)8-16-14-4-2-1-3-11(14)5-6-21-16/h1-4,7,9-10,15-16,20H,5-6,8,18H2. The van der Waals surface area contributed by atoms with E-state index in [0.717, 1.165) is 12.0 Å². The summed E-state index contributed by atoms with van der Waals surface area (Å²) in [6.07, 6.45) is 4.33. The molecule has 1 aliphatic rings. The first kappa shape index (κ1) is 14.1. The number of aromatic nitrogens is 1. The van der Waals surface area contributed by atoms with Crippen molar-refractivity contribution in [2.75, 3.05) is 6.61 Å². The van der Waals surface area contributed by atoms with Crippen LogP contribution in [0.2, 0.25) is 0 Å². The van der Waals surface area contributed by atoms with Gasteiger partial charge >= 0.3 is 0 Å². The quantitative estimate of drug-likeness (QED) is 0.670. The predicted molar refractivity (Wildman–Crippen MR) is 77.7 cm³/mol. The number of nitrogens with one attached hydrogen (secondary N) is 1. The van der Waals surface area contributed by atoms with Crippen molar-refractivity contribution in [3.63, 3.8) is 0 Å². The highest BCUT2D eigenvalue weighted by atomic mass is 19.1. The number of hydrazine groups is 1. The minimum atomic E-state index is -0.363. The van der Waals surface area contributed by atoms with Crippen LogP contribution in [-0.2, 0) is 11.2 Å². The highest BCUT2D eigenvalue weighted by molar-refractivity contribution is 5.31. The summed E-state index contributed by atoms with van der Waals surface area (Å²) in [5.74, 6) is 5.27. The van der Waals surface area contributed by atoms with Crippen molar-refractivity contribution in [1.82, 2.24) is 10.4 Å². The summed E-state index contributed by atoms with van der Waals surface area (Å²) in [4.78, 5) is 3.88. The minimum Gasteiger partial charge on any atom is -0.373 e. The molecule has 2 heterocycles. The Hall–Kier alpha value is -1.82. The molecule has 0 saturated heterocycles. The zero-order valence-corrected chi connectivity index (χ0v) is 11.6. The largest absolute Gasteiger partial charge is 0.373 e. The van der Waals surface area contributed by atoms with Crippen LogP contribution in [0.4, 0.5) is 4.39 Å². The van der Waals surface area contributed by atoms with Crippen LogP contribution in [0.25, 0.3) is 0 Å². The summed E-state index contributed by atoms with van der Waals surface area (Å²) < 4.78 is 19.2. The van der Waals surface area contributed by atoms with Crippen LogP contribution in [0, 0.1) is 5.82 Å². The van der Waals surface area contributed by atoms with Gasteiger partial charge in [-0.1, -0.05) is 24.3 Å². The molecule has 1 aromatic heterocycles. The number of hydrogen-bond acceptors (Lipinski definition) is 4. The lowest BCUT2D eigenvalue weighted by molar-refractivity contribution is 0.0292. The Morgan fingerprint density at radius 3 is 3.05 bits per heavy atom. The molecule has 2 aromatic rings. The van der Waals surface area contributed by atoms with E-state index in [2.05, 4.69) is 22.5 Å². The van der Waals surface area contributed by atoms with E-state index in [-0.39, 0.29) is 18.0 Å². The Kier molecular flexibility index (Phi) is 4.24. The number of rotatable bonds is 4. The van der Waals surface area contributed by atoms with E-state index >= 15 is 0 Å². The molecule has 0 amide bonds. The van der Waals surface area contributed by atoms with E-state index in [1.165, 1.54) is 23.4 Å². The molecule has 1 aromatic carbocycles. The number of nitrogens with two attached hydrogens (primary N) is 1. The van der Waals surface area contributed by atoms with E-state index in [9.17, 15) is 4.39 Å². The first-order valence-corrected chi connectivity index (χ1v) is 7.04. The normalized spacial score (nSPS) is 19.0. The zero-order valence-electron chi connectivity index (χ0n) is 11.6. The molecule has 0 fully saturated rings. The topological polar surface area (TPSA) is 60.2 Å². The summed E-state index contributed by atoms with van der Waals surface area (Å²) in [5.41, 5.74) is 5.96. The molecule has 0 saturated carbocycles. The van der Waals surface area contributed by atoms with Gasteiger partial charge in [-0.05, 0) is 35.6 Å². The molecule has 2 unspecified atom stereocenters. The molecule has 2 atom stereocenters. The molecule has 0 radical (unpaired) electrons. The molecule has 21 heavy (non-hydrogen) atoms. The van der Waals surface area contributed by atoms with Gasteiger partial charge in [0.2, 0.25) is 0 Å². The number of benzene rings is 1. The maximum Gasteiger partial charge on any atom is 0.141 e. The second kappa shape index (κ2) is 6.30. The van der Waals surface area contributed by atoms with E-state index in [0.29, 0.717) is 13.0 Å². The van der Waals surface area contributed by atoms with Crippen LogP contribution in [0.1, 0.15) is 35.3 Å². The van der Waals surface area contributed by atoms with Gasteiger partial charge in [0.15, 0.2) is 0 Å². The summed E-state index contributed by atoms with van der Waals surface area (Å²) in [5, 5.41) is 0. The van der Waals surface area contributed by atoms with Crippen molar-refractivity contribution in [2.45, 2.75) is 25.0 Å². The maximum absolute atomic E-state index is 13.3. The van der Waals surface area contributed by atoms with Crippen molar-refractivity contribution >= 4 is 0 Å². The van der Waals surface area contributed by atoms with Gasteiger partial charge in [0.25, 0.3) is 0 Å². The molecular weight excluding hydrogens is 269 g/mol. The number of pyridine rings is 1. The summed E-state index contributed by atoms with van der Waals surface area (Å²) in [6, 6.07) is 9.50. The Bertz CT molecular complexity index is 620. The second-order valence-electron chi connectivity index (χ2n) is 5.20. The van der Waals surface area contributed by atoms with E-state index < -0.39 is 0 Å². The zero-order chi connectivity index (χ0) is 14.7. The van der Waals surface area contributed by atoms with Gasteiger partial charge in [0.1, 0.15) is 5.82 Å². The van der Waals surface area contributed by atoms with Crippen LogP contribution in [0.5, 0.6) is 0 Å². The number of halogens is 1. The van der Waals surface area contributed by atoms with Gasteiger partial charge in [-0.2, -0.15) is 0 Å². The molecule has 0 bridgehead atoms. The third-order valence-corrected chi connectivity index (χ3v) is 3.87. The number of fused-ring (bicyclic) bond motifs is 1. The number of ether oxygens (including phenoxy) is 1. The van der Waals surface area contributed by atoms with E-state index in [4.69, 9.17) is 10.6 Å². The molecule has 3 rings (SSSR count). The summed E-state index contributed by atoms with van der Waals surface area (Å²) >= 11 is 0. The lowest BCUT2D eigenvalue weighted by Gasteiger charge is -2.29. The highest BCUT2D eigenvalue weighted by Gasteiger charge is 2.24. The van der Waals surface area contributed by atoms with Crippen LogP contribution in [0.3, 0.4) is 0 Å². The Morgan fingerprint density at radius 2 is 2.24 bits per heavy atom. The van der Waals surface area contributed by atoms with Crippen molar-refractivity contribution in [2.24, 2.45) is 5.84 Å². The molecule has 0 spiro atoms. The Morgan fingerprint density at radius 1 is 1.38 bits per heavy atom. The van der Waals surface area contributed by atoms with Crippen LogP contribution in [0.15, 0.2) is 42.7 Å². The Balaban J connectivity index is 1.82. The van der Waals surface area contributed by atoms with Crippen molar-refractivity contribution in [3.8, 4) is 0 Å². The van der Waals surface area contributed by atoms with E-state index in [1.54, 1.807) is 6.20 Å². The van der Waals surface area contributed by atoms with Gasteiger partial charge < -0.3 is 4.74 Å². The lowest BCUT2D eigenvalue weighted by atomic mass is 9.92. The fraction of sp³-hybridized carbons (Fsp3) is 0.312. The summed E-state index contributed by atoms with van der Waals surface area (Å²) in [7, 11) is 0. The monoisotopic (exact) mass is 287 g/mol. The van der Waals surface area contributed by atoms with Crippen LogP contribution >= 0.6 is 0 Å². The fourth-order valence-corrected chi connectivity index (χ4v) is 2.81. The van der Waals surface area contributed by atoms with Gasteiger partial charge in [-0.15, -0.1) is 0 Å². The lowest BCUT2D eigenvalue weighted by Crippen LogP contribution is -2.31. The van der Waals surface area contributed by atoms with Gasteiger partial charge in [0.05, 0.1) is 24.9 Å². The number of nitrogens with zero attached hydrogens (tertiary/aromatic N) is 1. The van der Waals surface area contributed by atoms with Crippen molar-refractivity contribution in [3.05, 3.63) is 65.2 Å². The smallest absolute Gasteiger partial charge is 0.141 e. The summed E-state index contributed by atoms with van der Waals surface area (Å²) in [6.45, 7) is 0.695. The second-order valence-corrected chi connectivity index (χ2v) is 5.20. The van der Waals surface area contributed by atoms with Crippen molar-refractivity contribution in [1.29, 1.82) is 0 Å². The molecule has 5 heteroatoms. The van der Waals surface area contributed by atoms with Gasteiger partial charge in [-0.3, -0.25) is 16.3 Å². The molecule has 110 valence electrons. The van der Waals surface area contributed by atoms with Crippen LogP contribution in [-0.4, -0.2) is 11.6 Å². The van der Waals surface area contributed by atoms with Gasteiger partial charge in [-0.25, -0.2) is 4.39 Å². The average Bonchev–Trinajstić information content (AvgIpc) is 2.52. The molecular formula is C16H18FN3O. The third kappa shape index (κ3) is 3.10. The predicted octanol–water partition coefficient (Wildman–Crippen LogP) is 2.43. The molecule has 3 N–H and O–H groups in total. The van der Waals surface area contributed by atoms with Crippen molar-refractivity contribution < 1.29 is 9.13 Å². The average molecular weight is 287 g/mol. The maximum atomic E-state index is 13.3. The fourth-order valence-electron chi connectivity index (χ4n) is 2.81. The van der Waals surface area contributed by atoms with E-state index in [1.807, 2.05) is 12.1 Å². The first-order chi connectivity index (χ1) is 10.3. The first-order valence-electron chi connectivity index (χ1n) is 7.04. The minimum absolute atomic E-state index is 0.0423. The molecule has 0 aliphatic carbocycles. The molecule has 4 nitrogen and oxygen atoms in total. The Labute approximate surface area is 123 Å². The SMILES string of the molecule is NNC(CC1OCCc2ccccc21)c1cncc(F)c1. The van der Waals surface area contributed by atoms with Gasteiger partial charge in [0, 0.05) is 6.20 Å². The third-order valence-electron chi connectivity index (χ3n) is 3.87.